The maximum Gasteiger partial charge on any atom is 0.122 e. The molecule has 0 N–H and O–H groups in total. The molecule has 0 fully saturated rings. The highest BCUT2D eigenvalue weighted by molar-refractivity contribution is 6.30. The van der Waals surface area contributed by atoms with Crippen molar-refractivity contribution in [2.75, 3.05) is 13.0 Å². The molecule has 17 heavy (non-hydrogen) atoms. The molecule has 1 aromatic carbocycles. The second-order valence-electron chi connectivity index (χ2n) is 5.08. The fourth-order valence-corrected chi connectivity index (χ4v) is 2.32. The Morgan fingerprint density at radius 2 is 2.00 bits per heavy atom. The Bertz CT molecular complexity index is 376. The third kappa shape index (κ3) is 3.53. The van der Waals surface area contributed by atoms with Crippen molar-refractivity contribution in [3.8, 4) is 5.75 Å². The first kappa shape index (κ1) is 14.7. The van der Waals surface area contributed by atoms with Crippen molar-refractivity contribution in [1.29, 1.82) is 0 Å². The maximum absolute atomic E-state index is 6.12. The molecule has 0 aliphatic heterocycles. The van der Waals surface area contributed by atoms with Crippen LogP contribution in [0.2, 0.25) is 5.02 Å². The van der Waals surface area contributed by atoms with E-state index in [9.17, 15) is 0 Å². The molecule has 0 saturated heterocycles. The molecule has 0 bridgehead atoms. The average molecular weight is 275 g/mol. The number of halogens is 2. The molecule has 3 heteroatoms. The van der Waals surface area contributed by atoms with Crippen LogP contribution in [0.3, 0.4) is 0 Å². The van der Waals surface area contributed by atoms with Gasteiger partial charge in [0.25, 0.3) is 0 Å². The highest BCUT2D eigenvalue weighted by atomic mass is 35.5. The van der Waals surface area contributed by atoms with Crippen LogP contribution >= 0.6 is 23.2 Å². The second kappa shape index (κ2) is 5.97. The van der Waals surface area contributed by atoms with E-state index in [0.29, 0.717) is 11.8 Å². The van der Waals surface area contributed by atoms with E-state index in [-0.39, 0.29) is 5.41 Å². The van der Waals surface area contributed by atoms with Gasteiger partial charge in [0, 0.05) is 10.9 Å². The van der Waals surface area contributed by atoms with Crippen LogP contribution in [0.15, 0.2) is 18.2 Å². The Morgan fingerprint density at radius 3 is 2.47 bits per heavy atom. The van der Waals surface area contributed by atoms with Gasteiger partial charge in [0.1, 0.15) is 5.75 Å². The summed E-state index contributed by atoms with van der Waals surface area (Å²) in [6, 6.07) is 5.72. The predicted molar refractivity (Wildman–Crippen MR) is 75.4 cm³/mol. The molecule has 1 aromatic rings. The molecule has 0 spiro atoms. The molecule has 96 valence electrons. The van der Waals surface area contributed by atoms with E-state index in [4.69, 9.17) is 27.9 Å². The van der Waals surface area contributed by atoms with E-state index in [0.717, 1.165) is 22.8 Å². The van der Waals surface area contributed by atoms with Gasteiger partial charge < -0.3 is 4.74 Å². The van der Waals surface area contributed by atoms with Crippen molar-refractivity contribution in [3.05, 3.63) is 28.8 Å². The summed E-state index contributed by atoms with van der Waals surface area (Å²) in [6.45, 7) is 6.59. The van der Waals surface area contributed by atoms with Gasteiger partial charge >= 0.3 is 0 Å². The topological polar surface area (TPSA) is 9.23 Å². The van der Waals surface area contributed by atoms with E-state index in [2.05, 4.69) is 20.8 Å². The Balaban J connectivity index is 3.04. The van der Waals surface area contributed by atoms with Gasteiger partial charge in [-0.1, -0.05) is 32.4 Å². The number of alkyl halides is 1. The second-order valence-corrected chi connectivity index (χ2v) is 5.78. The lowest BCUT2D eigenvalue weighted by Crippen LogP contribution is -2.28. The summed E-state index contributed by atoms with van der Waals surface area (Å²) in [5.41, 5.74) is 1.18. The first-order valence-electron chi connectivity index (χ1n) is 5.81. The third-order valence-electron chi connectivity index (χ3n) is 3.54. The maximum atomic E-state index is 6.12. The smallest absolute Gasteiger partial charge is 0.122 e. The molecular formula is C14H20Cl2O. The van der Waals surface area contributed by atoms with Crippen LogP contribution < -0.4 is 4.74 Å². The van der Waals surface area contributed by atoms with Crippen molar-refractivity contribution in [2.45, 2.75) is 27.2 Å². The zero-order chi connectivity index (χ0) is 13.1. The summed E-state index contributed by atoms with van der Waals surface area (Å²) < 4.78 is 5.37. The van der Waals surface area contributed by atoms with E-state index in [1.807, 2.05) is 18.2 Å². The summed E-state index contributed by atoms with van der Waals surface area (Å²) in [5, 5.41) is 0.737. The van der Waals surface area contributed by atoms with Crippen molar-refractivity contribution < 1.29 is 4.74 Å². The van der Waals surface area contributed by atoms with Gasteiger partial charge in [0.15, 0.2) is 0 Å². The first-order chi connectivity index (χ1) is 7.92. The monoisotopic (exact) mass is 274 g/mol. The van der Waals surface area contributed by atoms with Gasteiger partial charge in [-0.3, -0.25) is 0 Å². The van der Waals surface area contributed by atoms with Crippen molar-refractivity contribution in [1.82, 2.24) is 0 Å². The van der Waals surface area contributed by atoms with Crippen LogP contribution in [-0.4, -0.2) is 13.0 Å². The SMILES string of the molecule is COc1ccc(Cl)cc1CC(C)(CCl)C(C)C. The molecule has 0 aromatic heterocycles. The summed E-state index contributed by atoms with van der Waals surface area (Å²) in [7, 11) is 1.68. The highest BCUT2D eigenvalue weighted by Gasteiger charge is 2.28. The molecule has 1 atom stereocenters. The van der Waals surface area contributed by atoms with Crippen LogP contribution in [0.25, 0.3) is 0 Å². The Kier molecular flexibility index (Phi) is 5.15. The van der Waals surface area contributed by atoms with Gasteiger partial charge in [-0.25, -0.2) is 0 Å². The fourth-order valence-electron chi connectivity index (χ4n) is 1.73. The summed E-state index contributed by atoms with van der Waals surface area (Å²) in [4.78, 5) is 0. The molecule has 0 amide bonds. The van der Waals surface area contributed by atoms with Crippen LogP contribution in [-0.2, 0) is 6.42 Å². The molecule has 1 rings (SSSR count). The summed E-state index contributed by atoms with van der Waals surface area (Å²) in [6.07, 6.45) is 0.873. The molecule has 0 radical (unpaired) electrons. The van der Waals surface area contributed by atoms with E-state index in [1.54, 1.807) is 7.11 Å². The molecule has 0 aliphatic rings. The Hall–Kier alpha value is -0.400. The standard InChI is InChI=1S/C14H20Cl2O/c1-10(2)14(3,9-15)8-11-7-12(16)5-6-13(11)17-4/h5-7,10H,8-9H2,1-4H3. The van der Waals surface area contributed by atoms with E-state index in [1.165, 1.54) is 0 Å². The fraction of sp³-hybridized carbons (Fsp3) is 0.571. The highest BCUT2D eigenvalue weighted by Crippen LogP contribution is 2.36. The Morgan fingerprint density at radius 1 is 1.35 bits per heavy atom. The number of hydrogen-bond donors (Lipinski definition) is 0. The van der Waals surface area contributed by atoms with Crippen molar-refractivity contribution in [2.24, 2.45) is 11.3 Å². The van der Waals surface area contributed by atoms with Crippen LogP contribution in [0.5, 0.6) is 5.75 Å². The van der Waals surface area contributed by atoms with Crippen LogP contribution in [0, 0.1) is 11.3 Å². The third-order valence-corrected chi connectivity index (χ3v) is 4.38. The van der Waals surface area contributed by atoms with Gasteiger partial charge in [-0.05, 0) is 41.5 Å². The van der Waals surface area contributed by atoms with Crippen molar-refractivity contribution >= 4 is 23.2 Å². The van der Waals surface area contributed by atoms with Crippen LogP contribution in [0.4, 0.5) is 0 Å². The van der Waals surface area contributed by atoms with E-state index < -0.39 is 0 Å². The van der Waals surface area contributed by atoms with Gasteiger partial charge in [-0.15, -0.1) is 11.6 Å². The zero-order valence-corrected chi connectivity index (χ0v) is 12.4. The normalized spacial score (nSPS) is 14.8. The lowest BCUT2D eigenvalue weighted by molar-refractivity contribution is 0.250. The summed E-state index contributed by atoms with van der Waals surface area (Å²) in [5.74, 6) is 2.01. The number of hydrogen-bond acceptors (Lipinski definition) is 1. The molecule has 0 saturated carbocycles. The van der Waals surface area contributed by atoms with E-state index >= 15 is 0 Å². The molecule has 0 aliphatic carbocycles. The minimum atomic E-state index is 0.0551. The first-order valence-corrected chi connectivity index (χ1v) is 6.72. The van der Waals surface area contributed by atoms with Gasteiger partial charge in [0.05, 0.1) is 7.11 Å². The largest absolute Gasteiger partial charge is 0.496 e. The number of rotatable bonds is 5. The van der Waals surface area contributed by atoms with Crippen LogP contribution in [0.1, 0.15) is 26.3 Å². The summed E-state index contributed by atoms with van der Waals surface area (Å²) >= 11 is 12.2. The minimum absolute atomic E-state index is 0.0551. The molecule has 0 heterocycles. The predicted octanol–water partition coefficient (Wildman–Crippen LogP) is 4.79. The van der Waals surface area contributed by atoms with Gasteiger partial charge in [-0.2, -0.15) is 0 Å². The number of ether oxygens (including phenoxy) is 1. The lowest BCUT2D eigenvalue weighted by Gasteiger charge is -2.32. The molecule has 1 unspecified atom stereocenters. The number of methoxy groups -OCH3 is 1. The molecule has 1 nitrogen and oxygen atoms in total. The molecular weight excluding hydrogens is 255 g/mol. The lowest BCUT2D eigenvalue weighted by atomic mass is 9.76. The minimum Gasteiger partial charge on any atom is -0.496 e. The average Bonchev–Trinajstić information content (AvgIpc) is 2.29. The zero-order valence-electron chi connectivity index (χ0n) is 10.9. The Labute approximate surface area is 114 Å². The quantitative estimate of drug-likeness (QED) is 0.702. The number of benzene rings is 1. The van der Waals surface area contributed by atoms with Crippen molar-refractivity contribution in [3.63, 3.8) is 0 Å². The van der Waals surface area contributed by atoms with Gasteiger partial charge in [0.2, 0.25) is 0 Å².